The van der Waals surface area contributed by atoms with E-state index < -0.39 is 0 Å². The van der Waals surface area contributed by atoms with Gasteiger partial charge in [-0.2, -0.15) is 0 Å². The summed E-state index contributed by atoms with van der Waals surface area (Å²) >= 11 is 5.04. The number of benzene rings is 2. The van der Waals surface area contributed by atoms with Gasteiger partial charge in [-0.25, -0.2) is 0 Å². The highest BCUT2D eigenvalue weighted by Crippen LogP contribution is 2.29. The Kier molecular flexibility index (Phi) is 4.58. The van der Waals surface area contributed by atoms with Crippen LogP contribution in [0.1, 0.15) is 18.1 Å². The molecular weight excluding hydrogens is 270 g/mol. The molecule has 0 bridgehead atoms. The molecule has 0 heterocycles. The Morgan fingerprint density at radius 1 is 1.10 bits per heavy atom. The minimum atomic E-state index is 0.299. The highest BCUT2D eigenvalue weighted by molar-refractivity contribution is 7.80. The maximum absolute atomic E-state index is 5.87. The van der Waals surface area contributed by atoms with Crippen LogP contribution in [-0.4, -0.2) is 12.1 Å². The normalized spacial score (nSPS) is 10.1. The van der Waals surface area contributed by atoms with Gasteiger partial charge in [0.15, 0.2) is 0 Å². The summed E-state index contributed by atoms with van der Waals surface area (Å²) < 4.78 is 11.1. The van der Waals surface area contributed by atoms with Crippen molar-refractivity contribution in [2.75, 3.05) is 7.11 Å². The third-order valence-electron chi connectivity index (χ3n) is 3.01. The van der Waals surface area contributed by atoms with Crippen LogP contribution in [0, 0.1) is 0 Å². The summed E-state index contributed by atoms with van der Waals surface area (Å²) in [6.07, 6.45) is 0.998. The average molecular weight is 287 g/mol. The molecule has 0 saturated carbocycles. The number of thiocarbonyl (C=S) groups is 1. The fourth-order valence-corrected chi connectivity index (χ4v) is 2.01. The molecule has 4 heteroatoms. The number of rotatable bonds is 5. The monoisotopic (exact) mass is 287 g/mol. The molecule has 0 aliphatic carbocycles. The molecule has 0 saturated heterocycles. The Labute approximate surface area is 124 Å². The summed E-state index contributed by atoms with van der Waals surface area (Å²) in [5.41, 5.74) is 7.67. The molecule has 2 aromatic rings. The number of ether oxygens (including phenoxy) is 2. The lowest BCUT2D eigenvalue weighted by Gasteiger charge is -2.12. The van der Waals surface area contributed by atoms with E-state index in [9.17, 15) is 0 Å². The molecule has 2 aromatic carbocycles. The number of methoxy groups -OCH3 is 1. The minimum absolute atomic E-state index is 0.299. The molecular formula is C16H17NO2S. The second kappa shape index (κ2) is 6.39. The minimum Gasteiger partial charge on any atom is -0.497 e. The van der Waals surface area contributed by atoms with Crippen LogP contribution in [0.15, 0.2) is 42.5 Å². The van der Waals surface area contributed by atoms with Crippen molar-refractivity contribution in [3.05, 3.63) is 53.6 Å². The maximum Gasteiger partial charge on any atom is 0.141 e. The van der Waals surface area contributed by atoms with E-state index in [2.05, 4.69) is 6.92 Å². The van der Waals surface area contributed by atoms with Gasteiger partial charge in [0.2, 0.25) is 0 Å². The van der Waals surface area contributed by atoms with Gasteiger partial charge in [0.1, 0.15) is 22.2 Å². The summed E-state index contributed by atoms with van der Waals surface area (Å²) in [5, 5.41) is 0. The van der Waals surface area contributed by atoms with Crippen molar-refractivity contribution in [3.63, 3.8) is 0 Å². The zero-order valence-electron chi connectivity index (χ0n) is 11.6. The van der Waals surface area contributed by atoms with Gasteiger partial charge < -0.3 is 15.2 Å². The fraction of sp³-hybridized carbons (Fsp3) is 0.188. The zero-order valence-corrected chi connectivity index (χ0v) is 12.4. The Morgan fingerprint density at radius 3 is 2.30 bits per heavy atom. The van der Waals surface area contributed by atoms with Crippen molar-refractivity contribution in [2.45, 2.75) is 13.3 Å². The zero-order chi connectivity index (χ0) is 14.5. The second-order valence-corrected chi connectivity index (χ2v) is 4.77. The third-order valence-corrected chi connectivity index (χ3v) is 3.23. The van der Waals surface area contributed by atoms with Gasteiger partial charge >= 0.3 is 0 Å². The first-order valence-corrected chi connectivity index (χ1v) is 6.79. The lowest BCUT2D eigenvalue weighted by atomic mass is 10.1. The van der Waals surface area contributed by atoms with Crippen molar-refractivity contribution in [2.24, 2.45) is 5.73 Å². The van der Waals surface area contributed by atoms with E-state index >= 15 is 0 Å². The van der Waals surface area contributed by atoms with E-state index in [0.717, 1.165) is 12.2 Å². The third kappa shape index (κ3) is 3.27. The standard InChI is InChI=1S/C16H17NO2S/c1-3-11-4-6-12(7-5-11)19-15-10-13(18-2)8-9-14(15)16(17)20/h4-10H,3H2,1-2H3,(H2,17,20). The van der Waals surface area contributed by atoms with Gasteiger partial charge in [0.05, 0.1) is 12.7 Å². The van der Waals surface area contributed by atoms with E-state index in [1.54, 1.807) is 19.2 Å². The molecule has 0 aromatic heterocycles. The molecule has 0 amide bonds. The van der Waals surface area contributed by atoms with E-state index in [4.69, 9.17) is 27.4 Å². The molecule has 0 fully saturated rings. The van der Waals surface area contributed by atoms with E-state index in [0.29, 0.717) is 22.1 Å². The summed E-state index contributed by atoms with van der Waals surface area (Å²) in [5.74, 6) is 2.04. The summed E-state index contributed by atoms with van der Waals surface area (Å²) in [4.78, 5) is 0.299. The van der Waals surface area contributed by atoms with Crippen LogP contribution in [-0.2, 0) is 6.42 Å². The quantitative estimate of drug-likeness (QED) is 0.852. The molecule has 104 valence electrons. The van der Waals surface area contributed by atoms with Crippen LogP contribution in [0.2, 0.25) is 0 Å². The van der Waals surface area contributed by atoms with E-state index in [-0.39, 0.29) is 0 Å². The molecule has 2 N–H and O–H groups in total. The molecule has 0 aliphatic heterocycles. The number of nitrogens with two attached hydrogens (primary N) is 1. The highest BCUT2D eigenvalue weighted by atomic mass is 32.1. The first-order chi connectivity index (χ1) is 9.63. The number of aryl methyl sites for hydroxylation is 1. The topological polar surface area (TPSA) is 44.5 Å². The van der Waals surface area contributed by atoms with E-state index in [1.165, 1.54) is 5.56 Å². The van der Waals surface area contributed by atoms with Crippen molar-refractivity contribution in [1.29, 1.82) is 0 Å². The first kappa shape index (κ1) is 14.3. The molecule has 3 nitrogen and oxygen atoms in total. The Balaban J connectivity index is 2.32. The molecule has 20 heavy (non-hydrogen) atoms. The lowest BCUT2D eigenvalue weighted by molar-refractivity contribution is 0.409. The summed E-state index contributed by atoms with van der Waals surface area (Å²) in [6.45, 7) is 2.11. The lowest BCUT2D eigenvalue weighted by Crippen LogP contribution is -2.10. The van der Waals surface area contributed by atoms with Crippen LogP contribution in [0.3, 0.4) is 0 Å². The SMILES string of the molecule is CCc1ccc(Oc2cc(OC)ccc2C(N)=S)cc1. The van der Waals surface area contributed by atoms with Crippen molar-refractivity contribution >= 4 is 17.2 Å². The summed E-state index contributed by atoms with van der Waals surface area (Å²) in [7, 11) is 1.61. The highest BCUT2D eigenvalue weighted by Gasteiger charge is 2.09. The smallest absolute Gasteiger partial charge is 0.141 e. The van der Waals surface area contributed by atoms with Crippen LogP contribution in [0.4, 0.5) is 0 Å². The van der Waals surface area contributed by atoms with Crippen LogP contribution in [0.5, 0.6) is 17.2 Å². The van der Waals surface area contributed by atoms with Gasteiger partial charge in [-0.15, -0.1) is 0 Å². The van der Waals surface area contributed by atoms with Crippen LogP contribution < -0.4 is 15.2 Å². The average Bonchev–Trinajstić information content (AvgIpc) is 2.47. The maximum atomic E-state index is 5.87. The van der Waals surface area contributed by atoms with Gasteiger partial charge in [-0.1, -0.05) is 31.3 Å². The van der Waals surface area contributed by atoms with Crippen molar-refractivity contribution in [3.8, 4) is 17.2 Å². The molecule has 0 atom stereocenters. The molecule has 0 spiro atoms. The molecule has 0 aliphatic rings. The van der Waals surface area contributed by atoms with Crippen LogP contribution >= 0.6 is 12.2 Å². The fourth-order valence-electron chi connectivity index (χ4n) is 1.84. The van der Waals surface area contributed by atoms with Crippen molar-refractivity contribution < 1.29 is 9.47 Å². The van der Waals surface area contributed by atoms with Gasteiger partial charge in [0, 0.05) is 6.07 Å². The Bertz CT molecular complexity index is 608. The predicted molar refractivity (Wildman–Crippen MR) is 84.8 cm³/mol. The van der Waals surface area contributed by atoms with E-state index in [1.807, 2.05) is 30.3 Å². The largest absolute Gasteiger partial charge is 0.497 e. The number of hydrogen-bond donors (Lipinski definition) is 1. The predicted octanol–water partition coefficient (Wildman–Crippen LogP) is 3.68. The molecule has 0 radical (unpaired) electrons. The Morgan fingerprint density at radius 2 is 1.75 bits per heavy atom. The summed E-state index contributed by atoms with van der Waals surface area (Å²) in [6, 6.07) is 13.3. The Hall–Kier alpha value is -2.07. The van der Waals surface area contributed by atoms with Gasteiger partial charge in [0.25, 0.3) is 0 Å². The first-order valence-electron chi connectivity index (χ1n) is 6.38. The van der Waals surface area contributed by atoms with Gasteiger partial charge in [-0.05, 0) is 36.2 Å². The molecule has 2 rings (SSSR count). The van der Waals surface area contributed by atoms with Gasteiger partial charge in [-0.3, -0.25) is 0 Å². The van der Waals surface area contributed by atoms with Crippen molar-refractivity contribution in [1.82, 2.24) is 0 Å². The second-order valence-electron chi connectivity index (χ2n) is 4.33. The van der Waals surface area contributed by atoms with Crippen LogP contribution in [0.25, 0.3) is 0 Å². The number of hydrogen-bond acceptors (Lipinski definition) is 3. The molecule has 0 unspecified atom stereocenters.